The molecule has 5 nitrogen and oxygen atoms in total. The minimum atomic E-state index is -0.949. The summed E-state index contributed by atoms with van der Waals surface area (Å²) in [7, 11) is 1.74. The lowest BCUT2D eigenvalue weighted by Crippen LogP contribution is -2.58. The molecule has 0 bridgehead atoms. The topological polar surface area (TPSA) is 65.5 Å². The van der Waals surface area contributed by atoms with Crippen molar-refractivity contribution in [3.05, 3.63) is 64.4 Å². The number of pyridine rings is 1. The highest BCUT2D eigenvalue weighted by Gasteiger charge is 2.42. The van der Waals surface area contributed by atoms with Crippen LogP contribution in [0.15, 0.2) is 42.6 Å². The van der Waals surface area contributed by atoms with Gasteiger partial charge in [0.15, 0.2) is 0 Å². The lowest BCUT2D eigenvalue weighted by atomic mass is 9.80. The molecule has 1 aromatic carbocycles. The van der Waals surface area contributed by atoms with Crippen molar-refractivity contribution >= 4 is 17.5 Å². The highest BCUT2D eigenvalue weighted by atomic mass is 35.5. The average molecular weight is 388 g/mol. The molecule has 1 saturated heterocycles. The molecule has 0 spiro atoms. The summed E-state index contributed by atoms with van der Waals surface area (Å²) in [4.78, 5) is 18.8. The Morgan fingerprint density at radius 1 is 1.30 bits per heavy atom. The highest BCUT2D eigenvalue weighted by molar-refractivity contribution is 6.32. The van der Waals surface area contributed by atoms with Crippen LogP contribution in [0.4, 0.5) is 0 Å². The van der Waals surface area contributed by atoms with Crippen LogP contribution in [0.2, 0.25) is 5.15 Å². The largest absolute Gasteiger partial charge is 0.388 e. The Kier molecular flexibility index (Phi) is 6.15. The molecule has 1 unspecified atom stereocenters. The third-order valence-corrected chi connectivity index (χ3v) is 5.72. The van der Waals surface area contributed by atoms with Crippen molar-refractivity contribution in [3.8, 4) is 0 Å². The molecule has 0 aliphatic carbocycles. The Morgan fingerprint density at radius 3 is 2.59 bits per heavy atom. The molecule has 1 aliphatic rings. The standard InChI is InChI=1S/C21H26ClN3O2/c1-15-5-7-16(8-6-15)14-18(21(27)9-12-23-13-10-21)25(2)20(26)17-4-3-11-24-19(17)22/h3-8,11,18,23,27H,9-10,12-14H2,1-2H3. The SMILES string of the molecule is Cc1ccc(CC(N(C)C(=O)c2cccnc2Cl)C2(O)CCNCC2)cc1. The number of hydrogen-bond acceptors (Lipinski definition) is 4. The summed E-state index contributed by atoms with van der Waals surface area (Å²) in [5.41, 5.74) is 1.68. The second-order valence-electron chi connectivity index (χ2n) is 7.32. The molecule has 1 aliphatic heterocycles. The molecule has 3 rings (SSSR count). The molecule has 6 heteroatoms. The van der Waals surface area contributed by atoms with Crippen molar-refractivity contribution in [1.29, 1.82) is 0 Å². The summed E-state index contributed by atoms with van der Waals surface area (Å²) in [5, 5.41) is 14.9. The van der Waals surface area contributed by atoms with Crippen molar-refractivity contribution in [2.75, 3.05) is 20.1 Å². The minimum Gasteiger partial charge on any atom is -0.388 e. The minimum absolute atomic E-state index is 0.181. The van der Waals surface area contributed by atoms with E-state index in [-0.39, 0.29) is 17.1 Å². The Morgan fingerprint density at radius 2 is 1.96 bits per heavy atom. The van der Waals surface area contributed by atoms with Gasteiger partial charge >= 0.3 is 0 Å². The number of likely N-dealkylation sites (N-methyl/N-ethyl adjacent to an activating group) is 1. The molecular formula is C21H26ClN3O2. The first-order chi connectivity index (χ1) is 12.9. The fourth-order valence-corrected chi connectivity index (χ4v) is 3.90. The zero-order valence-electron chi connectivity index (χ0n) is 15.8. The summed E-state index contributed by atoms with van der Waals surface area (Å²) in [6.45, 7) is 3.51. The molecule has 2 heterocycles. The van der Waals surface area contributed by atoms with Gasteiger partial charge in [0.05, 0.1) is 17.2 Å². The molecule has 27 heavy (non-hydrogen) atoms. The molecular weight excluding hydrogens is 362 g/mol. The van der Waals surface area contributed by atoms with E-state index < -0.39 is 5.60 Å². The molecule has 0 radical (unpaired) electrons. The smallest absolute Gasteiger partial charge is 0.257 e. The Hall–Kier alpha value is -1.95. The van der Waals surface area contributed by atoms with Crippen molar-refractivity contribution in [3.63, 3.8) is 0 Å². The summed E-state index contributed by atoms with van der Waals surface area (Å²) in [6, 6.07) is 11.2. The van der Waals surface area contributed by atoms with Crippen molar-refractivity contribution in [2.45, 2.75) is 37.8 Å². The maximum atomic E-state index is 13.1. The monoisotopic (exact) mass is 387 g/mol. The Balaban J connectivity index is 1.91. The zero-order valence-corrected chi connectivity index (χ0v) is 16.5. The van der Waals surface area contributed by atoms with Crippen LogP contribution >= 0.6 is 11.6 Å². The number of carbonyl (C=O) groups excluding carboxylic acids is 1. The fraction of sp³-hybridized carbons (Fsp3) is 0.429. The number of aryl methyl sites for hydroxylation is 1. The molecule has 1 atom stereocenters. The highest BCUT2D eigenvalue weighted by Crippen LogP contribution is 2.30. The van der Waals surface area contributed by atoms with Crippen molar-refractivity contribution < 1.29 is 9.90 Å². The number of rotatable bonds is 5. The molecule has 144 valence electrons. The first-order valence-corrected chi connectivity index (χ1v) is 9.65. The Labute approximate surface area is 165 Å². The van der Waals surface area contributed by atoms with Crippen LogP contribution < -0.4 is 5.32 Å². The number of halogens is 1. The van der Waals surface area contributed by atoms with Gasteiger partial charge in [-0.3, -0.25) is 4.79 Å². The lowest BCUT2D eigenvalue weighted by molar-refractivity contribution is -0.0542. The van der Waals surface area contributed by atoms with Crippen LogP contribution in [-0.4, -0.2) is 52.7 Å². The van der Waals surface area contributed by atoms with E-state index in [0.717, 1.165) is 18.7 Å². The number of piperidine rings is 1. The van der Waals surface area contributed by atoms with Gasteiger partial charge in [-0.2, -0.15) is 0 Å². The molecule has 1 amide bonds. The second kappa shape index (κ2) is 8.38. The lowest BCUT2D eigenvalue weighted by Gasteiger charge is -2.44. The van der Waals surface area contributed by atoms with Gasteiger partial charge in [-0.05, 0) is 57.0 Å². The molecule has 1 aromatic heterocycles. The van der Waals surface area contributed by atoms with Crippen LogP contribution in [0.25, 0.3) is 0 Å². The maximum absolute atomic E-state index is 13.1. The van der Waals surface area contributed by atoms with Gasteiger partial charge in [0.25, 0.3) is 5.91 Å². The second-order valence-corrected chi connectivity index (χ2v) is 7.67. The number of nitrogens with one attached hydrogen (secondary N) is 1. The number of benzene rings is 1. The molecule has 2 N–H and O–H groups in total. The normalized spacial score (nSPS) is 17.3. The third-order valence-electron chi connectivity index (χ3n) is 5.42. The van der Waals surface area contributed by atoms with Crippen LogP contribution in [0, 0.1) is 6.92 Å². The van der Waals surface area contributed by atoms with E-state index >= 15 is 0 Å². The van der Waals surface area contributed by atoms with E-state index in [2.05, 4.69) is 34.6 Å². The summed E-state index contributed by atoms with van der Waals surface area (Å²) >= 11 is 6.13. The Bertz CT molecular complexity index is 788. The first kappa shape index (κ1) is 19.8. The molecule has 0 saturated carbocycles. The van der Waals surface area contributed by atoms with Gasteiger partial charge in [-0.15, -0.1) is 0 Å². The van der Waals surface area contributed by atoms with Crippen LogP contribution in [0.5, 0.6) is 0 Å². The molecule has 1 fully saturated rings. The van der Waals surface area contributed by atoms with E-state index in [0.29, 0.717) is 24.8 Å². The summed E-state index contributed by atoms with van der Waals surface area (Å²) in [5.74, 6) is -0.225. The van der Waals surface area contributed by atoms with Gasteiger partial charge in [-0.1, -0.05) is 41.4 Å². The van der Waals surface area contributed by atoms with Crippen molar-refractivity contribution in [1.82, 2.24) is 15.2 Å². The summed E-state index contributed by atoms with van der Waals surface area (Å²) < 4.78 is 0. The van der Waals surface area contributed by atoms with Crippen LogP contribution in [-0.2, 0) is 6.42 Å². The van der Waals surface area contributed by atoms with E-state index in [1.807, 2.05) is 6.92 Å². The van der Waals surface area contributed by atoms with Crippen LogP contribution in [0.1, 0.15) is 34.3 Å². The number of aliphatic hydroxyl groups is 1. The predicted octanol–water partition coefficient (Wildman–Crippen LogP) is 2.84. The average Bonchev–Trinajstić information content (AvgIpc) is 2.67. The molecule has 2 aromatic rings. The first-order valence-electron chi connectivity index (χ1n) is 9.27. The predicted molar refractivity (Wildman–Crippen MR) is 107 cm³/mol. The quantitative estimate of drug-likeness (QED) is 0.774. The van der Waals surface area contributed by atoms with E-state index in [1.165, 1.54) is 5.56 Å². The van der Waals surface area contributed by atoms with E-state index in [9.17, 15) is 9.90 Å². The maximum Gasteiger partial charge on any atom is 0.257 e. The number of carbonyl (C=O) groups is 1. The number of hydrogen-bond donors (Lipinski definition) is 2. The third kappa shape index (κ3) is 4.49. The van der Waals surface area contributed by atoms with Gasteiger partial charge in [0.1, 0.15) is 5.15 Å². The van der Waals surface area contributed by atoms with Gasteiger partial charge in [0.2, 0.25) is 0 Å². The van der Waals surface area contributed by atoms with E-state index in [4.69, 9.17) is 11.6 Å². The number of amides is 1. The van der Waals surface area contributed by atoms with Gasteiger partial charge in [-0.25, -0.2) is 4.98 Å². The summed E-state index contributed by atoms with van der Waals surface area (Å²) in [6.07, 6.45) is 3.34. The number of nitrogens with zero attached hydrogens (tertiary/aromatic N) is 2. The van der Waals surface area contributed by atoms with Crippen LogP contribution in [0.3, 0.4) is 0 Å². The van der Waals surface area contributed by atoms with Gasteiger partial charge < -0.3 is 15.3 Å². The van der Waals surface area contributed by atoms with Gasteiger partial charge in [0, 0.05) is 13.2 Å². The van der Waals surface area contributed by atoms with E-state index in [1.54, 1.807) is 30.3 Å². The zero-order chi connectivity index (χ0) is 19.4. The van der Waals surface area contributed by atoms with Crippen molar-refractivity contribution in [2.24, 2.45) is 0 Å². The fourth-order valence-electron chi connectivity index (χ4n) is 3.70. The number of aromatic nitrogens is 1.